The van der Waals surface area contributed by atoms with Crippen molar-refractivity contribution < 1.29 is 8.78 Å². The molecule has 0 bridgehead atoms. The van der Waals surface area contributed by atoms with E-state index in [1.807, 2.05) is 37.3 Å². The van der Waals surface area contributed by atoms with Gasteiger partial charge in [-0.3, -0.25) is 0 Å². The summed E-state index contributed by atoms with van der Waals surface area (Å²) in [6.07, 6.45) is 12.6. The Kier molecular flexibility index (Phi) is 6.45. The molecule has 0 aliphatic heterocycles. The fourth-order valence-electron chi connectivity index (χ4n) is 4.43. The van der Waals surface area contributed by atoms with Gasteiger partial charge in [0.15, 0.2) is 11.6 Å². The fraction of sp³-hybridized carbons (Fsp3) is 0.500. The highest BCUT2D eigenvalue weighted by atomic mass is 19.2. The number of benzene rings is 2. The van der Waals surface area contributed by atoms with E-state index in [1.165, 1.54) is 44.1 Å². The number of aryl methyl sites for hydroxylation is 1. The molecule has 0 spiro atoms. The Morgan fingerprint density at radius 2 is 1.81 bits per heavy atom. The van der Waals surface area contributed by atoms with Gasteiger partial charge in [-0.2, -0.15) is 0 Å². The Labute approximate surface area is 156 Å². The zero-order valence-electron chi connectivity index (χ0n) is 16.0. The predicted molar refractivity (Wildman–Crippen MR) is 107 cm³/mol. The molecule has 0 saturated heterocycles. The smallest absolute Gasteiger partial charge is 0.166 e. The first-order chi connectivity index (χ1) is 12.6. The molecule has 26 heavy (non-hydrogen) atoms. The summed E-state index contributed by atoms with van der Waals surface area (Å²) in [4.78, 5) is 0. The lowest BCUT2D eigenvalue weighted by molar-refractivity contribution is 0.308. The lowest BCUT2D eigenvalue weighted by atomic mass is 9.77. The second-order valence-electron chi connectivity index (χ2n) is 7.76. The summed E-state index contributed by atoms with van der Waals surface area (Å²) in [7, 11) is 0. The predicted octanol–water partition coefficient (Wildman–Crippen LogP) is 7.70. The molecule has 0 aromatic heterocycles. The molecule has 0 atom stereocenters. The van der Waals surface area contributed by atoms with Crippen LogP contribution < -0.4 is 0 Å². The maximum Gasteiger partial charge on any atom is 0.166 e. The average Bonchev–Trinajstić information content (AvgIpc) is 2.66. The number of halogens is 2. The quantitative estimate of drug-likeness (QED) is 0.465. The van der Waals surface area contributed by atoms with E-state index in [2.05, 4.69) is 13.0 Å². The maximum absolute atomic E-state index is 14.7. The van der Waals surface area contributed by atoms with E-state index in [-0.39, 0.29) is 0 Å². The lowest BCUT2D eigenvalue weighted by Gasteiger charge is -2.28. The van der Waals surface area contributed by atoms with Gasteiger partial charge in [0.2, 0.25) is 0 Å². The van der Waals surface area contributed by atoms with Crippen molar-refractivity contribution in [2.75, 3.05) is 0 Å². The Morgan fingerprint density at radius 3 is 2.50 bits per heavy atom. The van der Waals surface area contributed by atoms with Crippen LogP contribution in [0.4, 0.5) is 8.78 Å². The highest BCUT2D eigenvalue weighted by molar-refractivity contribution is 5.85. The molecule has 1 aliphatic rings. The molecule has 2 aromatic rings. The molecule has 2 aromatic carbocycles. The van der Waals surface area contributed by atoms with Crippen molar-refractivity contribution in [1.29, 1.82) is 0 Å². The zero-order valence-corrected chi connectivity index (χ0v) is 16.0. The van der Waals surface area contributed by atoms with Crippen LogP contribution in [0.5, 0.6) is 0 Å². The minimum absolute atomic E-state index is 0.436. The van der Waals surface area contributed by atoms with Crippen molar-refractivity contribution in [3.63, 3.8) is 0 Å². The highest BCUT2D eigenvalue weighted by Crippen LogP contribution is 2.38. The molecule has 1 fully saturated rings. The molecule has 0 radical (unpaired) electrons. The van der Waals surface area contributed by atoms with Crippen molar-refractivity contribution in [2.24, 2.45) is 5.92 Å². The van der Waals surface area contributed by atoms with Crippen molar-refractivity contribution in [2.45, 2.75) is 71.1 Å². The van der Waals surface area contributed by atoms with Crippen LogP contribution in [-0.4, -0.2) is 0 Å². The summed E-state index contributed by atoms with van der Waals surface area (Å²) in [5.74, 6) is -0.0137. The van der Waals surface area contributed by atoms with Gasteiger partial charge in [-0.1, -0.05) is 44.1 Å². The van der Waals surface area contributed by atoms with Crippen LogP contribution >= 0.6 is 0 Å². The van der Waals surface area contributed by atoms with Crippen LogP contribution in [0.25, 0.3) is 10.8 Å². The van der Waals surface area contributed by atoms with Gasteiger partial charge in [0.1, 0.15) is 0 Å². The molecule has 2 heteroatoms. The molecule has 140 valence electrons. The minimum Gasteiger partial charge on any atom is -0.203 e. The first-order valence-corrected chi connectivity index (χ1v) is 10.2. The summed E-state index contributed by atoms with van der Waals surface area (Å²) in [5.41, 5.74) is 1.65. The van der Waals surface area contributed by atoms with Gasteiger partial charge in [0.25, 0.3) is 0 Å². The van der Waals surface area contributed by atoms with Gasteiger partial charge in [-0.15, -0.1) is 0 Å². The Hall–Kier alpha value is -1.70. The SMILES string of the molecule is C/C=C/CCc1cc2ccc(C3CCC(CCC)CC3)cc2c(F)c1F. The largest absolute Gasteiger partial charge is 0.203 e. The zero-order chi connectivity index (χ0) is 18.5. The molecule has 0 heterocycles. The van der Waals surface area contributed by atoms with E-state index in [4.69, 9.17) is 0 Å². The van der Waals surface area contributed by atoms with Crippen molar-refractivity contribution in [3.8, 4) is 0 Å². The van der Waals surface area contributed by atoms with E-state index in [0.29, 0.717) is 23.3 Å². The second kappa shape index (κ2) is 8.79. The summed E-state index contributed by atoms with van der Waals surface area (Å²) in [5, 5.41) is 1.24. The third kappa shape index (κ3) is 4.16. The number of hydrogen-bond acceptors (Lipinski definition) is 0. The van der Waals surface area contributed by atoms with Crippen LogP contribution in [-0.2, 0) is 6.42 Å². The van der Waals surface area contributed by atoms with Gasteiger partial charge < -0.3 is 0 Å². The number of allylic oxidation sites excluding steroid dienone is 2. The lowest BCUT2D eigenvalue weighted by Crippen LogP contribution is -2.13. The first kappa shape index (κ1) is 19.1. The molecule has 1 saturated carbocycles. The molecule has 1 aliphatic carbocycles. The van der Waals surface area contributed by atoms with Crippen LogP contribution in [0.3, 0.4) is 0 Å². The van der Waals surface area contributed by atoms with Crippen molar-refractivity contribution in [1.82, 2.24) is 0 Å². The molecular formula is C24H30F2. The van der Waals surface area contributed by atoms with Crippen LogP contribution in [0.1, 0.15) is 75.8 Å². The summed E-state index contributed by atoms with van der Waals surface area (Å²) in [6.45, 7) is 4.19. The first-order valence-electron chi connectivity index (χ1n) is 10.2. The van der Waals surface area contributed by atoms with Gasteiger partial charge in [-0.05, 0) is 85.9 Å². The normalized spacial score (nSPS) is 20.9. The summed E-state index contributed by atoms with van der Waals surface area (Å²) in [6, 6.07) is 7.82. The van der Waals surface area contributed by atoms with E-state index in [9.17, 15) is 8.78 Å². The van der Waals surface area contributed by atoms with E-state index in [1.54, 1.807) is 0 Å². The van der Waals surface area contributed by atoms with Gasteiger partial charge in [0.05, 0.1) is 0 Å². The summed E-state index contributed by atoms with van der Waals surface area (Å²) >= 11 is 0. The Bertz CT molecular complexity index is 767. The minimum atomic E-state index is -0.681. The van der Waals surface area contributed by atoms with Crippen molar-refractivity contribution >= 4 is 10.8 Å². The van der Waals surface area contributed by atoms with E-state index < -0.39 is 11.6 Å². The third-order valence-corrected chi connectivity index (χ3v) is 5.95. The van der Waals surface area contributed by atoms with Crippen LogP contribution in [0, 0.1) is 17.6 Å². The second-order valence-corrected chi connectivity index (χ2v) is 7.76. The van der Waals surface area contributed by atoms with Gasteiger partial charge in [0, 0.05) is 5.39 Å². The van der Waals surface area contributed by atoms with E-state index >= 15 is 0 Å². The fourth-order valence-corrected chi connectivity index (χ4v) is 4.43. The Balaban J connectivity index is 1.83. The number of rotatable bonds is 6. The van der Waals surface area contributed by atoms with Gasteiger partial charge >= 0.3 is 0 Å². The number of hydrogen-bond donors (Lipinski definition) is 0. The molecule has 0 amide bonds. The van der Waals surface area contributed by atoms with Crippen LogP contribution in [0.15, 0.2) is 36.4 Å². The Morgan fingerprint density at radius 1 is 1.04 bits per heavy atom. The average molecular weight is 356 g/mol. The molecule has 0 nitrogen and oxygen atoms in total. The topological polar surface area (TPSA) is 0 Å². The van der Waals surface area contributed by atoms with E-state index in [0.717, 1.165) is 17.7 Å². The van der Waals surface area contributed by atoms with Gasteiger partial charge in [-0.25, -0.2) is 8.78 Å². The third-order valence-electron chi connectivity index (χ3n) is 5.95. The summed E-state index contributed by atoms with van der Waals surface area (Å²) < 4.78 is 29.2. The van der Waals surface area contributed by atoms with Crippen LogP contribution in [0.2, 0.25) is 0 Å². The molecule has 3 rings (SSSR count). The standard InChI is InChI=1S/C24H30F2/c1-3-5-6-8-21-15-20-14-13-19(16-22(20)24(26)23(21)25)18-11-9-17(7-4-2)10-12-18/h3,5,13-18H,4,6-12H2,1-2H3/b5-3+. The number of fused-ring (bicyclic) bond motifs is 1. The molecule has 0 unspecified atom stereocenters. The maximum atomic E-state index is 14.7. The molecular weight excluding hydrogens is 326 g/mol. The highest BCUT2D eigenvalue weighted by Gasteiger charge is 2.23. The monoisotopic (exact) mass is 356 g/mol. The molecule has 0 N–H and O–H groups in total. The van der Waals surface area contributed by atoms with Crippen molar-refractivity contribution in [3.05, 3.63) is 59.2 Å².